The third-order valence-electron chi connectivity index (χ3n) is 5.72. The van der Waals surface area contributed by atoms with Crippen LogP contribution in [0.5, 0.6) is 0 Å². The number of rotatable bonds is 6. The maximum Gasteiger partial charge on any atom is 0.241 e. The Morgan fingerprint density at radius 2 is 1.93 bits per heavy atom. The Hall–Kier alpha value is -1.51. The van der Waals surface area contributed by atoms with Gasteiger partial charge in [-0.1, -0.05) is 13.8 Å². The van der Waals surface area contributed by atoms with Crippen molar-refractivity contribution in [3.63, 3.8) is 0 Å². The van der Waals surface area contributed by atoms with E-state index < -0.39 is 10.0 Å². The van der Waals surface area contributed by atoms with E-state index in [1.807, 2.05) is 30.8 Å². The van der Waals surface area contributed by atoms with Gasteiger partial charge in [-0.15, -0.1) is 0 Å². The maximum atomic E-state index is 13.0. The largest absolute Gasteiger partial charge is 0.384 e. The lowest BCUT2D eigenvalue weighted by atomic mass is 10.1. The Bertz CT molecular complexity index is 1010. The summed E-state index contributed by atoms with van der Waals surface area (Å²) in [5.74, 6) is 0.396. The minimum absolute atomic E-state index is 0.268. The molecule has 0 atom stereocenters. The summed E-state index contributed by atoms with van der Waals surface area (Å²) in [7, 11) is -3.61. The van der Waals surface area contributed by atoms with Gasteiger partial charge in [0.15, 0.2) is 0 Å². The van der Waals surface area contributed by atoms with E-state index in [0.29, 0.717) is 21.8 Å². The minimum atomic E-state index is -3.61. The number of nitrogens with two attached hydrogens (primary N) is 1. The molecule has 0 amide bonds. The number of fused-ring (bicyclic) bond motifs is 1. The van der Waals surface area contributed by atoms with Crippen molar-refractivity contribution in [3.8, 4) is 0 Å². The number of hydrogen-bond donors (Lipinski definition) is 2. The number of nitrogen functional groups attached to an aromatic ring is 1. The summed E-state index contributed by atoms with van der Waals surface area (Å²) >= 11 is 2.04. The van der Waals surface area contributed by atoms with Gasteiger partial charge in [0, 0.05) is 35.0 Å². The number of nitrogens with one attached hydrogen (secondary N) is 1. The average Bonchev–Trinajstić information content (AvgIpc) is 3.36. The zero-order valence-electron chi connectivity index (χ0n) is 17.3. The van der Waals surface area contributed by atoms with Gasteiger partial charge >= 0.3 is 0 Å². The molecule has 1 saturated heterocycles. The van der Waals surface area contributed by atoms with Crippen molar-refractivity contribution in [3.05, 3.63) is 24.3 Å². The van der Waals surface area contributed by atoms with Crippen LogP contribution in [0.15, 0.2) is 29.2 Å². The second kappa shape index (κ2) is 7.63. The fourth-order valence-electron chi connectivity index (χ4n) is 3.91. The van der Waals surface area contributed by atoms with Crippen molar-refractivity contribution in [2.24, 2.45) is 0 Å². The van der Waals surface area contributed by atoms with Gasteiger partial charge < -0.3 is 10.6 Å². The van der Waals surface area contributed by atoms with E-state index in [-0.39, 0.29) is 10.4 Å². The van der Waals surface area contributed by atoms with Crippen LogP contribution < -0.4 is 15.4 Å². The molecule has 1 aromatic heterocycles. The first-order valence-electron chi connectivity index (χ1n) is 10.3. The maximum absolute atomic E-state index is 13.0. The first-order valence-corrected chi connectivity index (χ1v) is 12.7. The number of thioether (sulfide) groups is 1. The first-order chi connectivity index (χ1) is 13.7. The molecule has 2 aromatic rings. The molecule has 158 valence electrons. The predicted molar refractivity (Wildman–Crippen MR) is 122 cm³/mol. The standard InChI is InChI=1S/C21H30N4O2S2/c1-14(2)28-15-6-10-25(11-7-15)19-13-16(29(26,27)24-21(3)8-9-21)12-18-17(19)4-5-20(22)23-18/h4-5,12-15,24H,6-11H2,1-3H3,(H2,22,23). The molecule has 2 aliphatic rings. The number of piperidine rings is 1. The molecule has 0 bridgehead atoms. The number of aromatic nitrogens is 1. The van der Waals surface area contributed by atoms with Crippen LogP contribution in [0.1, 0.15) is 46.5 Å². The molecule has 3 N–H and O–H groups in total. The van der Waals surface area contributed by atoms with Crippen LogP contribution in [-0.2, 0) is 10.0 Å². The van der Waals surface area contributed by atoms with Crippen LogP contribution in [0.4, 0.5) is 11.5 Å². The third kappa shape index (κ3) is 4.64. The molecule has 1 saturated carbocycles. The molecule has 2 heterocycles. The normalized spacial score (nSPS) is 19.8. The lowest BCUT2D eigenvalue weighted by Crippen LogP contribution is -2.36. The van der Waals surface area contributed by atoms with E-state index in [2.05, 4.69) is 28.5 Å². The SMILES string of the molecule is CC(C)SC1CCN(c2cc(S(=O)(=O)NC3(C)CC3)cc3nc(N)ccc23)CC1. The Balaban J connectivity index is 1.69. The highest BCUT2D eigenvalue weighted by molar-refractivity contribution is 8.00. The number of nitrogens with zero attached hydrogens (tertiary/aromatic N) is 2. The highest BCUT2D eigenvalue weighted by Crippen LogP contribution is 2.38. The summed E-state index contributed by atoms with van der Waals surface area (Å²) in [6.45, 7) is 8.25. The number of benzene rings is 1. The van der Waals surface area contributed by atoms with Crippen molar-refractivity contribution in [1.29, 1.82) is 0 Å². The highest BCUT2D eigenvalue weighted by Gasteiger charge is 2.41. The molecule has 0 radical (unpaired) electrons. The van der Waals surface area contributed by atoms with Crippen molar-refractivity contribution in [2.75, 3.05) is 23.7 Å². The number of pyridine rings is 1. The van der Waals surface area contributed by atoms with Gasteiger partial charge in [-0.05, 0) is 62.1 Å². The highest BCUT2D eigenvalue weighted by atomic mass is 32.2. The quantitative estimate of drug-likeness (QED) is 0.720. The molecular weight excluding hydrogens is 404 g/mol. The van der Waals surface area contributed by atoms with Crippen LogP contribution in [-0.4, -0.2) is 42.5 Å². The lowest BCUT2D eigenvalue weighted by Gasteiger charge is -2.35. The van der Waals surface area contributed by atoms with Gasteiger partial charge in [0.1, 0.15) is 5.82 Å². The van der Waals surface area contributed by atoms with Crippen LogP contribution in [0.3, 0.4) is 0 Å². The fourth-order valence-corrected chi connectivity index (χ4v) is 6.67. The van der Waals surface area contributed by atoms with Gasteiger partial charge in [0.25, 0.3) is 0 Å². The van der Waals surface area contributed by atoms with Gasteiger partial charge in [0.2, 0.25) is 10.0 Å². The second-order valence-corrected chi connectivity index (χ2v) is 12.3. The van der Waals surface area contributed by atoms with Crippen molar-refractivity contribution in [2.45, 2.75) is 67.4 Å². The zero-order valence-corrected chi connectivity index (χ0v) is 18.9. The van der Waals surface area contributed by atoms with Crippen LogP contribution in [0.25, 0.3) is 10.9 Å². The molecule has 0 unspecified atom stereocenters. The lowest BCUT2D eigenvalue weighted by molar-refractivity contribution is 0.557. The average molecular weight is 435 g/mol. The van der Waals surface area contributed by atoms with Crippen LogP contribution >= 0.6 is 11.8 Å². The topological polar surface area (TPSA) is 88.3 Å². The molecule has 1 aromatic carbocycles. The molecule has 1 aliphatic carbocycles. The third-order valence-corrected chi connectivity index (χ3v) is 8.74. The van der Waals surface area contributed by atoms with Gasteiger partial charge in [-0.2, -0.15) is 11.8 Å². The monoisotopic (exact) mass is 434 g/mol. The number of hydrogen-bond acceptors (Lipinski definition) is 6. The van der Waals surface area contributed by atoms with Crippen LogP contribution in [0, 0.1) is 0 Å². The van der Waals surface area contributed by atoms with Crippen molar-refractivity contribution < 1.29 is 8.42 Å². The zero-order chi connectivity index (χ0) is 20.8. The fraction of sp³-hybridized carbons (Fsp3) is 0.571. The molecule has 6 nitrogen and oxygen atoms in total. The molecule has 1 aliphatic heterocycles. The Morgan fingerprint density at radius 1 is 1.24 bits per heavy atom. The molecule has 0 spiro atoms. The van der Waals surface area contributed by atoms with E-state index in [1.165, 1.54) is 0 Å². The van der Waals surface area contributed by atoms with Gasteiger partial charge in [-0.3, -0.25) is 0 Å². The van der Waals surface area contributed by atoms with E-state index >= 15 is 0 Å². The summed E-state index contributed by atoms with van der Waals surface area (Å²) in [4.78, 5) is 7.00. The van der Waals surface area contributed by atoms with E-state index in [1.54, 1.807) is 12.1 Å². The summed E-state index contributed by atoms with van der Waals surface area (Å²) in [5, 5.41) is 2.24. The molecule has 2 fully saturated rings. The summed E-state index contributed by atoms with van der Waals surface area (Å²) in [6, 6.07) is 7.19. The molecule has 29 heavy (non-hydrogen) atoms. The summed E-state index contributed by atoms with van der Waals surface area (Å²) in [5.41, 5.74) is 7.14. The minimum Gasteiger partial charge on any atom is -0.384 e. The van der Waals surface area contributed by atoms with Crippen molar-refractivity contribution >= 4 is 44.2 Å². The summed E-state index contributed by atoms with van der Waals surface area (Å²) < 4.78 is 28.9. The smallest absolute Gasteiger partial charge is 0.241 e. The summed E-state index contributed by atoms with van der Waals surface area (Å²) in [6.07, 6.45) is 3.94. The second-order valence-electron chi connectivity index (χ2n) is 8.78. The van der Waals surface area contributed by atoms with Crippen LogP contribution in [0.2, 0.25) is 0 Å². The van der Waals surface area contributed by atoms with E-state index in [4.69, 9.17) is 5.73 Å². The van der Waals surface area contributed by atoms with Gasteiger partial charge in [-0.25, -0.2) is 18.1 Å². The molecule has 8 heteroatoms. The van der Waals surface area contributed by atoms with E-state index in [0.717, 1.165) is 49.8 Å². The Morgan fingerprint density at radius 3 is 2.55 bits per heavy atom. The van der Waals surface area contributed by atoms with E-state index in [9.17, 15) is 8.42 Å². The molecule has 4 rings (SSSR count). The molecular formula is C21H30N4O2S2. The Kier molecular flexibility index (Phi) is 5.46. The van der Waals surface area contributed by atoms with Gasteiger partial charge in [0.05, 0.1) is 10.4 Å². The Labute approximate surface area is 177 Å². The van der Waals surface area contributed by atoms with Crippen molar-refractivity contribution in [1.82, 2.24) is 9.71 Å². The first kappa shape index (κ1) is 20.8. The number of sulfonamides is 1. The number of anilines is 2. The predicted octanol–water partition coefficient (Wildman–Crippen LogP) is 3.76.